The lowest BCUT2D eigenvalue weighted by Gasteiger charge is -2.03. The number of halogens is 1. The number of hydrogen-bond acceptors (Lipinski definition) is 2. The molecule has 0 aliphatic carbocycles. The molecule has 0 amide bonds. The summed E-state index contributed by atoms with van der Waals surface area (Å²) in [5.74, 6) is -0.223. The van der Waals surface area contributed by atoms with Crippen molar-refractivity contribution in [2.24, 2.45) is 0 Å². The van der Waals surface area contributed by atoms with Crippen molar-refractivity contribution in [1.82, 2.24) is 4.98 Å². The van der Waals surface area contributed by atoms with Crippen LogP contribution in [0.4, 0.5) is 4.39 Å². The summed E-state index contributed by atoms with van der Waals surface area (Å²) in [6.07, 6.45) is 1.30. The first kappa shape index (κ1) is 9.65. The second-order valence-electron chi connectivity index (χ2n) is 3.38. The Balaban J connectivity index is 2.49. The van der Waals surface area contributed by atoms with Crippen LogP contribution < -0.4 is 0 Å². The van der Waals surface area contributed by atoms with Gasteiger partial charge in [0.25, 0.3) is 0 Å². The maximum absolute atomic E-state index is 13.5. The molecule has 0 saturated carbocycles. The van der Waals surface area contributed by atoms with Crippen LogP contribution in [0.25, 0.3) is 11.3 Å². The molecule has 1 aromatic heterocycles. The van der Waals surface area contributed by atoms with E-state index in [0.717, 1.165) is 5.56 Å². The van der Waals surface area contributed by atoms with Crippen LogP contribution in [0.3, 0.4) is 0 Å². The Labute approximate surface area is 87.0 Å². The van der Waals surface area contributed by atoms with Gasteiger partial charge in [-0.3, -0.25) is 4.98 Å². The van der Waals surface area contributed by atoms with E-state index in [1.54, 1.807) is 12.1 Å². The lowest BCUT2D eigenvalue weighted by atomic mass is 10.1. The second kappa shape index (κ2) is 3.69. The Morgan fingerprint density at radius 1 is 1.20 bits per heavy atom. The summed E-state index contributed by atoms with van der Waals surface area (Å²) in [6.45, 7) is 1.83. The second-order valence-corrected chi connectivity index (χ2v) is 3.38. The normalized spacial score (nSPS) is 10.3. The number of rotatable bonds is 1. The van der Waals surface area contributed by atoms with Crippen molar-refractivity contribution in [3.05, 3.63) is 47.9 Å². The van der Waals surface area contributed by atoms with E-state index in [-0.39, 0.29) is 11.6 Å². The minimum atomic E-state index is -0.298. The molecule has 15 heavy (non-hydrogen) atoms. The van der Waals surface area contributed by atoms with Crippen molar-refractivity contribution in [3.8, 4) is 17.0 Å². The summed E-state index contributed by atoms with van der Waals surface area (Å²) < 4.78 is 13.5. The Morgan fingerprint density at radius 3 is 2.60 bits per heavy atom. The summed E-state index contributed by atoms with van der Waals surface area (Å²) in [5.41, 5.74) is 1.83. The number of hydrogen-bond donors (Lipinski definition) is 1. The minimum Gasteiger partial charge on any atom is -0.506 e. The highest BCUT2D eigenvalue weighted by atomic mass is 19.1. The summed E-state index contributed by atoms with van der Waals surface area (Å²) in [6, 6.07) is 8.05. The molecule has 0 unspecified atom stereocenters. The third-order valence-electron chi connectivity index (χ3n) is 2.15. The molecule has 0 radical (unpaired) electrons. The first-order chi connectivity index (χ1) is 7.16. The van der Waals surface area contributed by atoms with Gasteiger partial charge in [0.05, 0.1) is 11.9 Å². The smallest absolute Gasteiger partial charge is 0.133 e. The van der Waals surface area contributed by atoms with Gasteiger partial charge in [-0.25, -0.2) is 4.39 Å². The Hall–Kier alpha value is -1.90. The summed E-state index contributed by atoms with van der Waals surface area (Å²) >= 11 is 0. The van der Waals surface area contributed by atoms with Crippen molar-refractivity contribution in [2.45, 2.75) is 6.92 Å². The Kier molecular flexibility index (Phi) is 2.37. The molecule has 1 heterocycles. The van der Waals surface area contributed by atoms with Crippen LogP contribution in [0.1, 0.15) is 5.56 Å². The highest BCUT2D eigenvalue weighted by molar-refractivity contribution is 5.60. The van der Waals surface area contributed by atoms with Gasteiger partial charge in [-0.15, -0.1) is 0 Å². The van der Waals surface area contributed by atoms with Crippen LogP contribution in [-0.2, 0) is 0 Å². The zero-order valence-electron chi connectivity index (χ0n) is 8.24. The highest BCUT2D eigenvalue weighted by Gasteiger charge is 2.05. The van der Waals surface area contributed by atoms with Gasteiger partial charge in [0, 0.05) is 5.56 Å². The molecular formula is C12H10FNO. The van der Waals surface area contributed by atoms with E-state index in [2.05, 4.69) is 4.98 Å². The van der Waals surface area contributed by atoms with Gasteiger partial charge < -0.3 is 5.11 Å². The van der Waals surface area contributed by atoms with E-state index in [4.69, 9.17) is 5.11 Å². The molecule has 0 spiro atoms. The van der Waals surface area contributed by atoms with E-state index >= 15 is 0 Å². The van der Waals surface area contributed by atoms with Crippen LogP contribution in [0.15, 0.2) is 36.5 Å². The molecule has 0 aliphatic rings. The van der Waals surface area contributed by atoms with Crippen molar-refractivity contribution >= 4 is 0 Å². The molecule has 1 N–H and O–H groups in total. The van der Waals surface area contributed by atoms with Crippen molar-refractivity contribution < 1.29 is 9.50 Å². The number of aryl methyl sites for hydroxylation is 1. The maximum atomic E-state index is 13.5. The van der Waals surface area contributed by atoms with Crippen LogP contribution in [-0.4, -0.2) is 10.1 Å². The molecule has 2 aromatic rings. The monoisotopic (exact) mass is 203 g/mol. The predicted octanol–water partition coefficient (Wildman–Crippen LogP) is 2.90. The van der Waals surface area contributed by atoms with E-state index in [1.807, 2.05) is 13.0 Å². The van der Waals surface area contributed by atoms with Gasteiger partial charge in [0.15, 0.2) is 0 Å². The van der Waals surface area contributed by atoms with Crippen molar-refractivity contribution in [3.63, 3.8) is 0 Å². The molecule has 0 atom stereocenters. The van der Waals surface area contributed by atoms with E-state index in [9.17, 15) is 4.39 Å². The zero-order chi connectivity index (χ0) is 10.8. The fraction of sp³-hybridized carbons (Fsp3) is 0.0833. The molecule has 2 nitrogen and oxygen atoms in total. The molecule has 2 rings (SSSR count). The molecule has 1 aromatic carbocycles. The topological polar surface area (TPSA) is 33.1 Å². The molecule has 0 bridgehead atoms. The lowest BCUT2D eigenvalue weighted by Crippen LogP contribution is -1.88. The van der Waals surface area contributed by atoms with Gasteiger partial charge >= 0.3 is 0 Å². The van der Waals surface area contributed by atoms with Gasteiger partial charge in [-0.1, -0.05) is 6.07 Å². The van der Waals surface area contributed by atoms with Gasteiger partial charge in [-0.2, -0.15) is 0 Å². The summed E-state index contributed by atoms with van der Waals surface area (Å²) in [7, 11) is 0. The molecule has 76 valence electrons. The average molecular weight is 203 g/mol. The first-order valence-corrected chi connectivity index (χ1v) is 4.58. The third kappa shape index (κ3) is 1.96. The number of aromatic nitrogens is 1. The van der Waals surface area contributed by atoms with E-state index < -0.39 is 0 Å². The summed E-state index contributed by atoms with van der Waals surface area (Å²) in [4.78, 5) is 3.95. The van der Waals surface area contributed by atoms with Gasteiger partial charge in [-0.05, 0) is 36.8 Å². The highest BCUT2D eigenvalue weighted by Crippen LogP contribution is 2.22. The number of benzene rings is 1. The number of nitrogens with zero attached hydrogens (tertiary/aromatic N) is 1. The average Bonchev–Trinajstić information content (AvgIpc) is 2.20. The molecule has 0 saturated heterocycles. The molecule has 0 fully saturated rings. The predicted molar refractivity (Wildman–Crippen MR) is 56.0 cm³/mol. The van der Waals surface area contributed by atoms with Crippen molar-refractivity contribution in [1.29, 1.82) is 0 Å². The third-order valence-corrected chi connectivity index (χ3v) is 2.15. The Bertz CT molecular complexity index is 479. The SMILES string of the molecule is Cc1ccc(-c2ccc(O)cn2)c(F)c1. The fourth-order valence-corrected chi connectivity index (χ4v) is 1.37. The lowest BCUT2D eigenvalue weighted by molar-refractivity contribution is 0.473. The van der Waals surface area contributed by atoms with Crippen LogP contribution >= 0.6 is 0 Å². The van der Waals surface area contributed by atoms with Crippen molar-refractivity contribution in [2.75, 3.05) is 0 Å². The zero-order valence-corrected chi connectivity index (χ0v) is 8.24. The first-order valence-electron chi connectivity index (χ1n) is 4.58. The minimum absolute atomic E-state index is 0.0752. The molecule has 0 aliphatic heterocycles. The van der Waals surface area contributed by atoms with E-state index in [1.165, 1.54) is 18.3 Å². The quantitative estimate of drug-likeness (QED) is 0.773. The largest absolute Gasteiger partial charge is 0.506 e. The van der Waals surface area contributed by atoms with Crippen LogP contribution in [0.2, 0.25) is 0 Å². The number of aromatic hydroxyl groups is 1. The molecule has 3 heteroatoms. The molecular weight excluding hydrogens is 193 g/mol. The van der Waals surface area contributed by atoms with E-state index in [0.29, 0.717) is 11.3 Å². The van der Waals surface area contributed by atoms with Gasteiger partial charge in [0.1, 0.15) is 11.6 Å². The van der Waals surface area contributed by atoms with Gasteiger partial charge in [0.2, 0.25) is 0 Å². The van der Waals surface area contributed by atoms with Crippen LogP contribution in [0.5, 0.6) is 5.75 Å². The standard InChI is InChI=1S/C12H10FNO/c1-8-2-4-10(11(13)6-8)12-5-3-9(15)7-14-12/h2-7,15H,1H3. The fourth-order valence-electron chi connectivity index (χ4n) is 1.37. The Morgan fingerprint density at radius 2 is 2.00 bits per heavy atom. The maximum Gasteiger partial charge on any atom is 0.133 e. The van der Waals surface area contributed by atoms with Crippen LogP contribution in [0, 0.1) is 12.7 Å². The summed E-state index contributed by atoms with van der Waals surface area (Å²) in [5, 5.41) is 9.06. The number of pyridine rings is 1.